The van der Waals surface area contributed by atoms with Crippen LogP contribution in [-0.2, 0) is 6.54 Å². The number of rotatable bonds is 5. The molecule has 1 aromatic carbocycles. The summed E-state index contributed by atoms with van der Waals surface area (Å²) in [6.45, 7) is 0.295. The Morgan fingerprint density at radius 1 is 1.47 bits per heavy atom. The van der Waals surface area contributed by atoms with E-state index in [1.807, 2.05) is 0 Å². The molecule has 1 heterocycles. The molecule has 0 aliphatic heterocycles. The second-order valence-corrected chi connectivity index (χ2v) is 3.63. The first kappa shape index (κ1) is 12.6. The summed E-state index contributed by atoms with van der Waals surface area (Å²) in [4.78, 5) is 20.9. The van der Waals surface area contributed by atoms with Gasteiger partial charge < -0.3 is 14.9 Å². The monoisotopic (exact) mass is 263 g/mol. The number of aromatic nitrogens is 1. The third kappa shape index (κ3) is 2.86. The van der Waals surface area contributed by atoms with Crippen LogP contribution in [0.2, 0.25) is 0 Å². The van der Waals surface area contributed by atoms with Crippen molar-refractivity contribution in [2.45, 2.75) is 6.54 Å². The SMILES string of the molecule is O=C(O)c1ccc(NCc2ccno2)cc1[N+](=O)[O-]. The van der Waals surface area contributed by atoms with Gasteiger partial charge in [-0.3, -0.25) is 10.1 Å². The van der Waals surface area contributed by atoms with Gasteiger partial charge in [-0.25, -0.2) is 4.79 Å². The molecule has 0 spiro atoms. The smallest absolute Gasteiger partial charge is 0.342 e. The maximum absolute atomic E-state index is 10.8. The standard InChI is InChI=1S/C11H9N3O5/c15-11(16)9-2-1-7(5-10(9)14(17)18)12-6-8-3-4-13-19-8/h1-5,12H,6H2,(H,15,16). The molecule has 0 aliphatic rings. The van der Waals surface area contributed by atoms with Crippen molar-refractivity contribution < 1.29 is 19.3 Å². The molecule has 0 fully saturated rings. The van der Waals surface area contributed by atoms with Gasteiger partial charge in [0, 0.05) is 17.8 Å². The Hall–Kier alpha value is -2.90. The van der Waals surface area contributed by atoms with E-state index in [-0.39, 0.29) is 5.56 Å². The second kappa shape index (κ2) is 5.17. The predicted octanol–water partition coefficient (Wildman–Crippen LogP) is 1.89. The minimum Gasteiger partial charge on any atom is -0.477 e. The highest BCUT2D eigenvalue weighted by molar-refractivity contribution is 5.93. The number of nitro benzene ring substituents is 1. The van der Waals surface area contributed by atoms with Gasteiger partial charge in [0.1, 0.15) is 5.56 Å². The molecule has 2 aromatic rings. The summed E-state index contributed by atoms with van der Waals surface area (Å²) >= 11 is 0. The van der Waals surface area contributed by atoms with Gasteiger partial charge >= 0.3 is 5.97 Å². The van der Waals surface area contributed by atoms with Crippen LogP contribution < -0.4 is 5.32 Å². The minimum atomic E-state index is -1.34. The number of hydrogen-bond donors (Lipinski definition) is 2. The molecule has 0 atom stereocenters. The largest absolute Gasteiger partial charge is 0.477 e. The third-order valence-electron chi connectivity index (χ3n) is 2.38. The van der Waals surface area contributed by atoms with Gasteiger partial charge in [-0.2, -0.15) is 0 Å². The zero-order chi connectivity index (χ0) is 13.8. The van der Waals surface area contributed by atoms with E-state index in [0.29, 0.717) is 18.0 Å². The number of benzene rings is 1. The van der Waals surface area contributed by atoms with Gasteiger partial charge in [-0.15, -0.1) is 0 Å². The van der Waals surface area contributed by atoms with Gasteiger partial charge in [0.25, 0.3) is 5.69 Å². The molecule has 98 valence electrons. The van der Waals surface area contributed by atoms with Crippen molar-refractivity contribution in [3.63, 3.8) is 0 Å². The van der Waals surface area contributed by atoms with E-state index in [9.17, 15) is 14.9 Å². The van der Waals surface area contributed by atoms with Crippen molar-refractivity contribution in [3.8, 4) is 0 Å². The van der Waals surface area contributed by atoms with Crippen LogP contribution in [0.5, 0.6) is 0 Å². The lowest BCUT2D eigenvalue weighted by molar-refractivity contribution is -0.385. The molecular formula is C11H9N3O5. The first-order valence-corrected chi connectivity index (χ1v) is 5.23. The van der Waals surface area contributed by atoms with Gasteiger partial charge in [-0.05, 0) is 12.1 Å². The van der Waals surface area contributed by atoms with Crippen LogP contribution in [0, 0.1) is 10.1 Å². The summed E-state index contributed by atoms with van der Waals surface area (Å²) in [5.74, 6) is -0.779. The van der Waals surface area contributed by atoms with E-state index in [1.54, 1.807) is 6.07 Å². The van der Waals surface area contributed by atoms with Crippen molar-refractivity contribution in [3.05, 3.63) is 51.9 Å². The number of aromatic carboxylic acids is 1. The highest BCUT2D eigenvalue weighted by atomic mass is 16.6. The fraction of sp³-hybridized carbons (Fsp3) is 0.0909. The van der Waals surface area contributed by atoms with Crippen LogP contribution in [0.3, 0.4) is 0 Å². The molecule has 8 heteroatoms. The Kier molecular flexibility index (Phi) is 3.42. The number of nitro groups is 1. The maximum Gasteiger partial charge on any atom is 0.342 e. The highest BCUT2D eigenvalue weighted by Gasteiger charge is 2.19. The van der Waals surface area contributed by atoms with E-state index >= 15 is 0 Å². The average Bonchev–Trinajstić information content (AvgIpc) is 2.88. The van der Waals surface area contributed by atoms with Crippen LogP contribution in [0.4, 0.5) is 11.4 Å². The Bertz CT molecular complexity index is 609. The molecule has 0 amide bonds. The Morgan fingerprint density at radius 2 is 2.26 bits per heavy atom. The number of hydrogen-bond acceptors (Lipinski definition) is 6. The predicted molar refractivity (Wildman–Crippen MR) is 63.9 cm³/mol. The molecule has 0 saturated carbocycles. The average molecular weight is 263 g/mol. The number of nitrogens with zero attached hydrogens (tertiary/aromatic N) is 2. The fourth-order valence-electron chi connectivity index (χ4n) is 1.50. The van der Waals surface area contributed by atoms with Gasteiger partial charge in [0.05, 0.1) is 17.7 Å². The first-order valence-electron chi connectivity index (χ1n) is 5.23. The summed E-state index contributed by atoms with van der Waals surface area (Å²) in [7, 11) is 0. The first-order chi connectivity index (χ1) is 9.08. The second-order valence-electron chi connectivity index (χ2n) is 3.63. The molecule has 2 rings (SSSR count). The van der Waals surface area contributed by atoms with E-state index in [0.717, 1.165) is 0 Å². The lowest BCUT2D eigenvalue weighted by Gasteiger charge is -2.05. The summed E-state index contributed by atoms with van der Waals surface area (Å²) in [5, 5.41) is 26.0. The van der Waals surface area contributed by atoms with E-state index in [1.165, 1.54) is 24.4 Å². The molecule has 1 aromatic heterocycles. The van der Waals surface area contributed by atoms with E-state index in [4.69, 9.17) is 9.63 Å². The topological polar surface area (TPSA) is 118 Å². The van der Waals surface area contributed by atoms with Crippen LogP contribution >= 0.6 is 0 Å². The van der Waals surface area contributed by atoms with Crippen LogP contribution in [0.1, 0.15) is 16.1 Å². The summed E-state index contributed by atoms with van der Waals surface area (Å²) < 4.78 is 4.85. The highest BCUT2D eigenvalue weighted by Crippen LogP contribution is 2.23. The number of carboxylic acids is 1. The minimum absolute atomic E-state index is 0.295. The summed E-state index contributed by atoms with van der Waals surface area (Å²) in [6, 6.07) is 5.45. The van der Waals surface area contributed by atoms with Gasteiger partial charge in [0.2, 0.25) is 0 Å². The van der Waals surface area contributed by atoms with E-state index < -0.39 is 16.6 Å². The van der Waals surface area contributed by atoms with Gasteiger partial charge in [-0.1, -0.05) is 5.16 Å². The number of carboxylic acid groups (broad SMARTS) is 1. The van der Waals surface area contributed by atoms with E-state index in [2.05, 4.69) is 10.5 Å². The Balaban J connectivity index is 2.20. The molecule has 2 N–H and O–H groups in total. The fourth-order valence-corrected chi connectivity index (χ4v) is 1.50. The number of anilines is 1. The quantitative estimate of drug-likeness (QED) is 0.624. The van der Waals surface area contributed by atoms with Crippen molar-refractivity contribution in [2.24, 2.45) is 0 Å². The van der Waals surface area contributed by atoms with Crippen molar-refractivity contribution in [2.75, 3.05) is 5.32 Å². The molecule has 0 saturated heterocycles. The lowest BCUT2D eigenvalue weighted by Crippen LogP contribution is -2.04. The molecule has 19 heavy (non-hydrogen) atoms. The molecule has 0 bridgehead atoms. The zero-order valence-corrected chi connectivity index (χ0v) is 9.57. The number of nitrogens with one attached hydrogen (secondary N) is 1. The molecule has 0 aliphatic carbocycles. The zero-order valence-electron chi connectivity index (χ0n) is 9.57. The summed E-state index contributed by atoms with van der Waals surface area (Å²) in [5.41, 5.74) is -0.390. The normalized spacial score (nSPS) is 10.1. The lowest BCUT2D eigenvalue weighted by atomic mass is 10.1. The van der Waals surface area contributed by atoms with Crippen LogP contribution in [0.25, 0.3) is 0 Å². The van der Waals surface area contributed by atoms with Crippen molar-refractivity contribution in [1.29, 1.82) is 0 Å². The number of carbonyl (C=O) groups is 1. The van der Waals surface area contributed by atoms with Crippen molar-refractivity contribution >= 4 is 17.3 Å². The third-order valence-corrected chi connectivity index (χ3v) is 2.38. The molecular weight excluding hydrogens is 254 g/mol. The van der Waals surface area contributed by atoms with Gasteiger partial charge in [0.15, 0.2) is 5.76 Å². The maximum atomic E-state index is 10.8. The molecule has 8 nitrogen and oxygen atoms in total. The van der Waals surface area contributed by atoms with Crippen molar-refractivity contribution in [1.82, 2.24) is 5.16 Å². The summed E-state index contributed by atoms with van der Waals surface area (Å²) in [6.07, 6.45) is 1.48. The van der Waals surface area contributed by atoms with Crippen LogP contribution in [-0.4, -0.2) is 21.2 Å². The molecule has 0 radical (unpaired) electrons. The Labute approximate surface area is 106 Å². The van der Waals surface area contributed by atoms with Crippen LogP contribution in [0.15, 0.2) is 35.0 Å². The molecule has 0 unspecified atom stereocenters. The Morgan fingerprint density at radius 3 is 2.84 bits per heavy atom.